The van der Waals surface area contributed by atoms with E-state index in [1.807, 2.05) is 6.92 Å². The molecule has 0 aliphatic heterocycles. The van der Waals surface area contributed by atoms with Crippen LogP contribution in [0.2, 0.25) is 0 Å². The summed E-state index contributed by atoms with van der Waals surface area (Å²) in [5.41, 5.74) is 0.673. The van der Waals surface area contributed by atoms with E-state index >= 15 is 0 Å². The zero-order valence-electron chi connectivity index (χ0n) is 14.0. The molecule has 0 atom stereocenters. The quantitative estimate of drug-likeness (QED) is 0.842. The van der Waals surface area contributed by atoms with Crippen molar-refractivity contribution < 1.29 is 9.90 Å². The van der Waals surface area contributed by atoms with Gasteiger partial charge < -0.3 is 10.0 Å². The van der Waals surface area contributed by atoms with Crippen molar-refractivity contribution in [3.8, 4) is 10.8 Å². The van der Waals surface area contributed by atoms with Gasteiger partial charge in [-0.15, -0.1) is 11.3 Å². The van der Waals surface area contributed by atoms with Gasteiger partial charge >= 0.3 is 0 Å². The number of aromatic amines is 1. The van der Waals surface area contributed by atoms with E-state index in [0.29, 0.717) is 40.9 Å². The summed E-state index contributed by atoms with van der Waals surface area (Å²) in [6.45, 7) is 9.31. The van der Waals surface area contributed by atoms with E-state index in [1.165, 1.54) is 17.7 Å². The van der Waals surface area contributed by atoms with Crippen LogP contribution in [0.1, 0.15) is 42.6 Å². The van der Waals surface area contributed by atoms with Crippen LogP contribution in [0, 0.1) is 12.3 Å². The number of H-pyrrole nitrogens is 1. The highest BCUT2D eigenvalue weighted by Crippen LogP contribution is 2.27. The highest BCUT2D eigenvalue weighted by atomic mass is 32.1. The molecule has 8 heteroatoms. The van der Waals surface area contributed by atoms with Crippen molar-refractivity contribution in [1.29, 1.82) is 0 Å². The highest BCUT2D eigenvalue weighted by Gasteiger charge is 2.25. The third-order valence-corrected chi connectivity index (χ3v) is 4.30. The first-order chi connectivity index (χ1) is 10.8. The van der Waals surface area contributed by atoms with Gasteiger partial charge in [-0.3, -0.25) is 9.89 Å². The van der Waals surface area contributed by atoms with Gasteiger partial charge in [-0.25, -0.2) is 9.97 Å². The van der Waals surface area contributed by atoms with Crippen LogP contribution >= 0.6 is 11.3 Å². The van der Waals surface area contributed by atoms with Crippen LogP contribution in [0.15, 0.2) is 6.33 Å². The number of rotatable bonds is 6. The fourth-order valence-electron chi connectivity index (χ4n) is 2.23. The molecule has 0 saturated heterocycles. The Morgan fingerprint density at radius 1 is 1.43 bits per heavy atom. The molecule has 0 radical (unpaired) electrons. The number of nitrogens with zero attached hydrogens (tertiary/aromatic N) is 4. The number of carbonyl (C=O) groups is 1. The molecule has 2 aromatic heterocycles. The average molecular weight is 337 g/mol. The number of aliphatic hydroxyl groups excluding tert-OH is 1. The lowest BCUT2D eigenvalue weighted by molar-refractivity contribution is 0.0686. The van der Waals surface area contributed by atoms with E-state index < -0.39 is 0 Å². The number of hydrogen-bond donors (Lipinski definition) is 2. The number of hydrogen-bond acceptors (Lipinski definition) is 6. The highest BCUT2D eigenvalue weighted by molar-refractivity contribution is 7.17. The topological polar surface area (TPSA) is 95.0 Å². The molecule has 0 aromatic carbocycles. The molecule has 1 amide bonds. The summed E-state index contributed by atoms with van der Waals surface area (Å²) in [6, 6.07) is 0. The minimum Gasteiger partial charge on any atom is -0.396 e. The molecule has 7 nitrogen and oxygen atoms in total. The van der Waals surface area contributed by atoms with Crippen molar-refractivity contribution in [1.82, 2.24) is 25.1 Å². The predicted octanol–water partition coefficient (Wildman–Crippen LogP) is 2.11. The van der Waals surface area contributed by atoms with Crippen molar-refractivity contribution in [2.75, 3.05) is 19.7 Å². The maximum atomic E-state index is 12.9. The first-order valence-electron chi connectivity index (χ1n) is 7.55. The molecule has 0 aliphatic carbocycles. The zero-order valence-corrected chi connectivity index (χ0v) is 14.8. The lowest BCUT2D eigenvalue weighted by atomic mass is 9.96. The van der Waals surface area contributed by atoms with Crippen LogP contribution in [-0.4, -0.2) is 55.8 Å². The first-order valence-corrected chi connectivity index (χ1v) is 8.37. The molecule has 0 fully saturated rings. The molecular formula is C15H23N5O2S. The van der Waals surface area contributed by atoms with Crippen LogP contribution in [0.5, 0.6) is 0 Å². The Bertz CT molecular complexity index is 645. The third kappa shape index (κ3) is 4.59. The summed E-state index contributed by atoms with van der Waals surface area (Å²) in [4.78, 5) is 23.8. The molecule has 126 valence electrons. The molecule has 23 heavy (non-hydrogen) atoms. The molecule has 2 N–H and O–H groups in total. The zero-order chi connectivity index (χ0) is 17.0. The smallest absolute Gasteiger partial charge is 0.265 e. The fraction of sp³-hybridized carbons (Fsp3) is 0.600. The Morgan fingerprint density at radius 2 is 2.17 bits per heavy atom. The summed E-state index contributed by atoms with van der Waals surface area (Å²) < 4.78 is 0. The maximum absolute atomic E-state index is 12.9. The van der Waals surface area contributed by atoms with E-state index in [-0.39, 0.29) is 17.9 Å². The molecule has 0 unspecified atom stereocenters. The van der Waals surface area contributed by atoms with Gasteiger partial charge in [-0.05, 0) is 18.8 Å². The van der Waals surface area contributed by atoms with Crippen LogP contribution in [0.3, 0.4) is 0 Å². The Morgan fingerprint density at radius 3 is 2.74 bits per heavy atom. The van der Waals surface area contributed by atoms with E-state index in [2.05, 4.69) is 40.9 Å². The predicted molar refractivity (Wildman–Crippen MR) is 89.3 cm³/mol. The molecule has 2 aromatic rings. The largest absolute Gasteiger partial charge is 0.396 e. The molecular weight excluding hydrogens is 314 g/mol. The van der Waals surface area contributed by atoms with Gasteiger partial charge in [-0.2, -0.15) is 5.10 Å². The Kier molecular flexibility index (Phi) is 5.48. The van der Waals surface area contributed by atoms with Gasteiger partial charge in [-0.1, -0.05) is 20.8 Å². The summed E-state index contributed by atoms with van der Waals surface area (Å²) in [5, 5.41) is 16.3. The molecule has 0 aliphatic rings. The summed E-state index contributed by atoms with van der Waals surface area (Å²) >= 11 is 1.31. The van der Waals surface area contributed by atoms with Gasteiger partial charge in [0.25, 0.3) is 5.91 Å². The van der Waals surface area contributed by atoms with Crippen molar-refractivity contribution in [3.63, 3.8) is 0 Å². The van der Waals surface area contributed by atoms with Crippen LogP contribution in [-0.2, 0) is 0 Å². The normalized spacial score (nSPS) is 11.7. The van der Waals surface area contributed by atoms with Crippen molar-refractivity contribution in [2.24, 2.45) is 5.41 Å². The third-order valence-electron chi connectivity index (χ3n) is 3.15. The van der Waals surface area contributed by atoms with Crippen LogP contribution in [0.25, 0.3) is 10.8 Å². The summed E-state index contributed by atoms with van der Waals surface area (Å²) in [7, 11) is 0. The monoisotopic (exact) mass is 337 g/mol. The summed E-state index contributed by atoms with van der Waals surface area (Å²) in [5.74, 6) is 0.518. The summed E-state index contributed by atoms with van der Waals surface area (Å²) in [6.07, 6.45) is 1.98. The minimum absolute atomic E-state index is 0.0164. The second-order valence-corrected chi connectivity index (χ2v) is 7.63. The first kappa shape index (κ1) is 17.6. The minimum atomic E-state index is -0.0471. The number of amides is 1. The Balaban J connectivity index is 2.25. The molecule has 2 rings (SSSR count). The maximum Gasteiger partial charge on any atom is 0.265 e. The number of aliphatic hydroxyl groups is 1. The number of nitrogens with one attached hydrogen (secondary N) is 1. The number of carbonyl (C=O) groups excluding carboxylic acids is 1. The fourth-order valence-corrected chi connectivity index (χ4v) is 3.22. The van der Waals surface area contributed by atoms with E-state index in [1.54, 1.807) is 4.90 Å². The van der Waals surface area contributed by atoms with Crippen molar-refractivity contribution >= 4 is 17.2 Å². The van der Waals surface area contributed by atoms with Gasteiger partial charge in [0.1, 0.15) is 11.2 Å². The Hall–Kier alpha value is -1.80. The number of thiazole rings is 1. The van der Waals surface area contributed by atoms with E-state index in [4.69, 9.17) is 5.11 Å². The standard InChI is InChI=1S/C15H23N5O2S/c1-10-11(23-13(18-10)12-16-9-17-19-12)14(22)20(6-5-7-21)8-15(2,3)4/h9,21H,5-8H2,1-4H3,(H,16,17,19). The van der Waals surface area contributed by atoms with E-state index in [9.17, 15) is 4.79 Å². The molecule has 0 spiro atoms. The number of aryl methyl sites for hydroxylation is 1. The SMILES string of the molecule is Cc1nc(-c2ncn[nH]2)sc1C(=O)N(CCCO)CC(C)(C)C. The van der Waals surface area contributed by atoms with Gasteiger partial charge in [0, 0.05) is 19.7 Å². The lowest BCUT2D eigenvalue weighted by Crippen LogP contribution is -2.38. The molecule has 2 heterocycles. The van der Waals surface area contributed by atoms with Gasteiger partial charge in [0.05, 0.1) is 5.69 Å². The Labute approximate surface area is 139 Å². The van der Waals surface area contributed by atoms with Crippen LogP contribution in [0.4, 0.5) is 0 Å². The van der Waals surface area contributed by atoms with Crippen molar-refractivity contribution in [2.45, 2.75) is 34.1 Å². The number of aromatic nitrogens is 4. The van der Waals surface area contributed by atoms with Crippen LogP contribution < -0.4 is 0 Å². The second kappa shape index (κ2) is 7.18. The van der Waals surface area contributed by atoms with E-state index in [0.717, 1.165) is 0 Å². The average Bonchev–Trinajstić information content (AvgIpc) is 3.10. The molecule has 0 saturated carbocycles. The van der Waals surface area contributed by atoms with Gasteiger partial charge in [0.15, 0.2) is 10.8 Å². The molecule has 0 bridgehead atoms. The van der Waals surface area contributed by atoms with Crippen molar-refractivity contribution in [3.05, 3.63) is 16.9 Å². The van der Waals surface area contributed by atoms with Gasteiger partial charge in [0.2, 0.25) is 0 Å². The second-order valence-electron chi connectivity index (χ2n) is 6.63. The lowest BCUT2D eigenvalue weighted by Gasteiger charge is -2.29.